The molecule has 0 aliphatic rings. The molecule has 0 saturated carbocycles. The highest BCUT2D eigenvalue weighted by molar-refractivity contribution is 7.80. The minimum atomic E-state index is -2.02. The zero-order chi connectivity index (χ0) is 16.1. The Hall–Kier alpha value is -2.09. The van der Waals surface area contributed by atoms with Crippen molar-refractivity contribution in [3.05, 3.63) is 59.7 Å². The van der Waals surface area contributed by atoms with E-state index in [0.717, 1.165) is 5.56 Å². The normalized spacial score (nSPS) is 11.5. The van der Waals surface area contributed by atoms with Crippen LogP contribution in [-0.4, -0.2) is 19.8 Å². The molecule has 0 saturated heterocycles. The molecule has 2 rings (SSSR count). The van der Waals surface area contributed by atoms with Gasteiger partial charge in [0.15, 0.2) is 16.2 Å². The van der Waals surface area contributed by atoms with Gasteiger partial charge in [0.25, 0.3) is 5.91 Å². The third kappa shape index (κ3) is 4.45. The highest BCUT2D eigenvalue weighted by Crippen LogP contribution is 2.11. The Morgan fingerprint density at radius 2 is 1.68 bits per heavy atom. The lowest BCUT2D eigenvalue weighted by Crippen LogP contribution is -2.34. The predicted octanol–water partition coefficient (Wildman–Crippen LogP) is 2.70. The molecule has 5 nitrogen and oxygen atoms in total. The molecule has 0 heterocycles. The van der Waals surface area contributed by atoms with Crippen LogP contribution in [0.15, 0.2) is 53.4 Å². The smallest absolute Gasteiger partial charge is 0.257 e. The Morgan fingerprint density at radius 3 is 2.23 bits per heavy atom. The first-order valence-corrected chi connectivity index (χ1v) is 7.87. The SMILES string of the molecule is Cc1ccc(C(=O)NC(=S)Nc2ccc(S(=O)O)cc2)cc1. The summed E-state index contributed by atoms with van der Waals surface area (Å²) < 4.78 is 19.8. The number of anilines is 1. The van der Waals surface area contributed by atoms with Crippen molar-refractivity contribution in [1.29, 1.82) is 0 Å². The maximum absolute atomic E-state index is 12.0. The van der Waals surface area contributed by atoms with Crippen molar-refractivity contribution in [1.82, 2.24) is 5.32 Å². The van der Waals surface area contributed by atoms with Crippen LogP contribution in [0.3, 0.4) is 0 Å². The molecule has 0 aromatic heterocycles. The second-order valence-corrected chi connectivity index (χ2v) is 5.93. The number of nitrogens with one attached hydrogen (secondary N) is 2. The first-order chi connectivity index (χ1) is 10.5. The third-order valence-electron chi connectivity index (χ3n) is 2.85. The lowest BCUT2D eigenvalue weighted by atomic mass is 10.1. The van der Waals surface area contributed by atoms with Crippen LogP contribution < -0.4 is 10.6 Å². The van der Waals surface area contributed by atoms with E-state index < -0.39 is 11.1 Å². The van der Waals surface area contributed by atoms with E-state index in [2.05, 4.69) is 10.6 Å². The van der Waals surface area contributed by atoms with Crippen molar-refractivity contribution >= 4 is 40.0 Å². The minimum absolute atomic E-state index is 0.156. The van der Waals surface area contributed by atoms with E-state index in [1.807, 2.05) is 19.1 Å². The van der Waals surface area contributed by atoms with Gasteiger partial charge in [-0.1, -0.05) is 17.7 Å². The van der Waals surface area contributed by atoms with Gasteiger partial charge in [0.05, 0.1) is 4.90 Å². The van der Waals surface area contributed by atoms with Gasteiger partial charge < -0.3 is 9.87 Å². The fourth-order valence-corrected chi connectivity index (χ4v) is 2.28. The monoisotopic (exact) mass is 334 g/mol. The molecule has 0 spiro atoms. The molecule has 1 unspecified atom stereocenters. The van der Waals surface area contributed by atoms with E-state index in [1.54, 1.807) is 24.3 Å². The summed E-state index contributed by atoms with van der Waals surface area (Å²) in [6.45, 7) is 1.94. The van der Waals surface area contributed by atoms with E-state index in [-0.39, 0.29) is 11.0 Å². The van der Waals surface area contributed by atoms with E-state index in [9.17, 15) is 9.00 Å². The molecule has 1 amide bonds. The van der Waals surface area contributed by atoms with Crippen molar-refractivity contribution in [2.75, 3.05) is 5.32 Å². The van der Waals surface area contributed by atoms with Gasteiger partial charge in [0.1, 0.15) is 0 Å². The van der Waals surface area contributed by atoms with Crippen LogP contribution in [0.2, 0.25) is 0 Å². The second kappa shape index (κ2) is 7.26. The maximum Gasteiger partial charge on any atom is 0.257 e. The number of hydrogen-bond donors (Lipinski definition) is 3. The van der Waals surface area contributed by atoms with Crippen molar-refractivity contribution < 1.29 is 13.6 Å². The molecule has 0 fully saturated rings. The Morgan fingerprint density at radius 1 is 1.09 bits per heavy atom. The standard InChI is InChI=1S/C15H14N2O3S2/c1-10-2-4-11(5-3-10)14(18)17-15(21)16-12-6-8-13(9-7-12)22(19)20/h2-9H,1H3,(H,19,20)(H2,16,17,18,21). The number of aryl methyl sites for hydroxylation is 1. The van der Waals surface area contributed by atoms with Crippen molar-refractivity contribution in [2.24, 2.45) is 0 Å². The average Bonchev–Trinajstić information content (AvgIpc) is 2.48. The quantitative estimate of drug-likeness (QED) is 0.594. The maximum atomic E-state index is 12.0. The van der Waals surface area contributed by atoms with Crippen LogP contribution in [-0.2, 0) is 11.1 Å². The van der Waals surface area contributed by atoms with E-state index >= 15 is 0 Å². The first kappa shape index (κ1) is 16.3. The number of carbonyl (C=O) groups excluding carboxylic acids is 1. The Bertz CT molecular complexity index is 713. The Kier molecular flexibility index (Phi) is 5.37. The second-order valence-electron chi connectivity index (χ2n) is 4.55. The van der Waals surface area contributed by atoms with Crippen LogP contribution in [0.4, 0.5) is 5.69 Å². The highest BCUT2D eigenvalue weighted by atomic mass is 32.2. The summed E-state index contributed by atoms with van der Waals surface area (Å²) in [5.74, 6) is -0.300. The fraction of sp³-hybridized carbons (Fsp3) is 0.0667. The molecular formula is C15H14N2O3S2. The Balaban J connectivity index is 1.96. The van der Waals surface area contributed by atoms with Crippen LogP contribution >= 0.6 is 12.2 Å². The zero-order valence-corrected chi connectivity index (χ0v) is 13.3. The first-order valence-electron chi connectivity index (χ1n) is 6.35. The predicted molar refractivity (Wildman–Crippen MR) is 90.3 cm³/mol. The van der Waals surface area contributed by atoms with Crippen molar-refractivity contribution in [3.63, 3.8) is 0 Å². The summed E-state index contributed by atoms with van der Waals surface area (Å²) in [5, 5.41) is 5.57. The highest BCUT2D eigenvalue weighted by Gasteiger charge is 2.08. The lowest BCUT2D eigenvalue weighted by molar-refractivity contribution is 0.0977. The Labute approximate surface area is 136 Å². The largest absolute Gasteiger partial charge is 0.332 e. The molecule has 0 radical (unpaired) electrons. The summed E-state index contributed by atoms with van der Waals surface area (Å²) in [5.41, 5.74) is 2.20. The van der Waals surface area contributed by atoms with Crippen LogP contribution in [0.25, 0.3) is 0 Å². The number of benzene rings is 2. The van der Waals surface area contributed by atoms with Crippen molar-refractivity contribution in [3.8, 4) is 0 Å². The molecule has 0 bridgehead atoms. The summed E-state index contributed by atoms with van der Waals surface area (Å²) in [4.78, 5) is 12.3. The summed E-state index contributed by atoms with van der Waals surface area (Å²) in [6, 6.07) is 13.4. The van der Waals surface area contributed by atoms with Gasteiger partial charge in [-0.3, -0.25) is 10.1 Å². The number of thiocarbonyl (C=S) groups is 1. The third-order valence-corrected chi connectivity index (χ3v) is 3.73. The zero-order valence-electron chi connectivity index (χ0n) is 11.7. The van der Waals surface area contributed by atoms with Gasteiger partial charge in [-0.05, 0) is 55.5 Å². The van der Waals surface area contributed by atoms with Crippen LogP contribution in [0.5, 0.6) is 0 Å². The average molecular weight is 334 g/mol. The summed E-state index contributed by atoms with van der Waals surface area (Å²) >= 11 is 3.05. The van der Waals surface area contributed by atoms with Gasteiger partial charge in [0, 0.05) is 11.3 Å². The molecule has 3 N–H and O–H groups in total. The number of rotatable bonds is 3. The number of hydrogen-bond acceptors (Lipinski definition) is 3. The topological polar surface area (TPSA) is 78.4 Å². The van der Waals surface area contributed by atoms with Gasteiger partial charge in [-0.25, -0.2) is 4.21 Å². The molecular weight excluding hydrogens is 320 g/mol. The van der Waals surface area contributed by atoms with E-state index in [0.29, 0.717) is 16.1 Å². The molecule has 2 aromatic rings. The van der Waals surface area contributed by atoms with Gasteiger partial charge in [-0.15, -0.1) is 0 Å². The van der Waals surface area contributed by atoms with Crippen molar-refractivity contribution in [2.45, 2.75) is 11.8 Å². The molecule has 7 heteroatoms. The molecule has 22 heavy (non-hydrogen) atoms. The van der Waals surface area contributed by atoms with E-state index in [4.69, 9.17) is 16.8 Å². The van der Waals surface area contributed by atoms with Gasteiger partial charge in [0.2, 0.25) is 0 Å². The molecule has 0 aliphatic carbocycles. The van der Waals surface area contributed by atoms with E-state index in [1.165, 1.54) is 12.1 Å². The molecule has 0 aliphatic heterocycles. The molecule has 114 valence electrons. The van der Waals surface area contributed by atoms with Crippen LogP contribution in [0, 0.1) is 6.92 Å². The lowest BCUT2D eigenvalue weighted by Gasteiger charge is -2.10. The van der Waals surface area contributed by atoms with Gasteiger partial charge >= 0.3 is 0 Å². The van der Waals surface area contributed by atoms with Crippen LogP contribution in [0.1, 0.15) is 15.9 Å². The summed E-state index contributed by atoms with van der Waals surface area (Å²) in [7, 11) is 0. The number of amides is 1. The summed E-state index contributed by atoms with van der Waals surface area (Å²) in [6.07, 6.45) is 0. The van der Waals surface area contributed by atoms with Gasteiger partial charge in [-0.2, -0.15) is 0 Å². The minimum Gasteiger partial charge on any atom is -0.332 e. The molecule has 1 atom stereocenters. The molecule has 2 aromatic carbocycles. The fourth-order valence-electron chi connectivity index (χ4n) is 1.70. The number of carbonyl (C=O) groups is 1.